The second-order valence-corrected chi connectivity index (χ2v) is 28.7. The molecule has 0 radical (unpaired) electrons. The predicted molar refractivity (Wildman–Crippen MR) is 217 cm³/mol. The molecule has 0 saturated heterocycles. The molecule has 2 aliphatic carbocycles. The van der Waals surface area contributed by atoms with Crippen molar-refractivity contribution in [3.05, 3.63) is 110 Å². The normalized spacial score (nSPS) is 22.5. The quantitative estimate of drug-likeness (QED) is 0.174. The van der Waals surface area contributed by atoms with Crippen molar-refractivity contribution in [3.63, 3.8) is 0 Å². The number of hydrogen-bond acceptors (Lipinski definition) is 0. The molecule has 0 amide bonds. The molecule has 0 nitrogen and oxygen atoms in total. The molecule has 2 heteroatoms. The van der Waals surface area contributed by atoms with Gasteiger partial charge >= 0.3 is 307 Å². The van der Waals surface area contributed by atoms with Gasteiger partial charge in [0, 0.05) is 0 Å². The summed E-state index contributed by atoms with van der Waals surface area (Å²) in [4.78, 5) is 0. The number of benzene rings is 3. The minimum atomic E-state index is -2.89. The third-order valence-electron chi connectivity index (χ3n) is 13.3. The van der Waals surface area contributed by atoms with E-state index in [4.69, 9.17) is 0 Å². The van der Waals surface area contributed by atoms with Gasteiger partial charge in [0.2, 0.25) is 0 Å². The van der Waals surface area contributed by atoms with Crippen LogP contribution in [0.15, 0.2) is 65.7 Å². The van der Waals surface area contributed by atoms with Crippen molar-refractivity contribution in [1.82, 2.24) is 0 Å². The molecule has 6 rings (SSSR count). The van der Waals surface area contributed by atoms with Crippen LogP contribution in [0, 0.1) is 0 Å². The van der Waals surface area contributed by atoms with Crippen LogP contribution in [0.5, 0.6) is 0 Å². The van der Waals surface area contributed by atoms with Crippen LogP contribution in [-0.4, -0.2) is 8.07 Å². The first-order valence-corrected chi connectivity index (χ1v) is 26.6. The first-order chi connectivity index (χ1) is 23.3. The van der Waals surface area contributed by atoms with E-state index in [1.54, 1.807) is 60.8 Å². The van der Waals surface area contributed by atoms with Crippen molar-refractivity contribution in [2.75, 3.05) is 0 Å². The van der Waals surface area contributed by atoms with Crippen LogP contribution in [0.4, 0.5) is 0 Å². The summed E-state index contributed by atoms with van der Waals surface area (Å²) in [5.41, 5.74) is 17.0. The molecule has 49 heavy (non-hydrogen) atoms. The van der Waals surface area contributed by atoms with Gasteiger partial charge in [-0.1, -0.05) is 0 Å². The topological polar surface area (TPSA) is 0 Å². The Balaban J connectivity index is 1.88. The van der Waals surface area contributed by atoms with Gasteiger partial charge in [-0.3, -0.25) is 0 Å². The molecular weight excluding hydrogens is 640 g/mol. The van der Waals surface area contributed by atoms with Gasteiger partial charge in [-0.05, 0) is 0 Å². The Morgan fingerprint density at radius 2 is 1.00 bits per heavy atom. The van der Waals surface area contributed by atoms with Gasteiger partial charge in [0.25, 0.3) is 0 Å². The Morgan fingerprint density at radius 1 is 0.592 bits per heavy atom. The standard InChI is InChI=1S/C39H48Si.2C4H9.Ti/c1-23(2)29-19-31-17-27(9)38(36(31)34(21-29)25(5)6)40(11,33-15-13-12-14-16-33)39-28(10)18-32-20-30(24(3)4)22-35(26(7)8)37(32)39;2*1-3-4-2;/h12-26H,1-11H3;2*1,3-4H2,2H3;. The van der Waals surface area contributed by atoms with Crippen molar-refractivity contribution in [2.24, 2.45) is 0 Å². The summed E-state index contributed by atoms with van der Waals surface area (Å²) < 4.78 is 4.23. The van der Waals surface area contributed by atoms with E-state index in [-0.39, 0.29) is 0 Å². The summed E-state index contributed by atoms with van der Waals surface area (Å²) in [7, 11) is -2.48. The SMILES string of the molecule is CCC[CH2][Ti]1([CH2]CCC)[CH]2C(C)=C(c3c(C(C)C)cc(C(C)C)cc32)[Si](C)(c2ccccc2)C2=C(C)[CH]1c1cc(C(C)C)cc(C(C)C)c12. The molecule has 0 spiro atoms. The third kappa shape index (κ3) is 5.63. The predicted octanol–water partition coefficient (Wildman–Crippen LogP) is 14.2. The molecule has 0 aromatic heterocycles. The van der Waals surface area contributed by atoms with E-state index < -0.39 is 24.7 Å². The first-order valence-electron chi connectivity index (χ1n) is 20.1. The van der Waals surface area contributed by atoms with Crippen LogP contribution in [0.1, 0.15) is 185 Å². The summed E-state index contributed by atoms with van der Waals surface area (Å²) in [6, 6.07) is 22.8. The fourth-order valence-corrected chi connectivity index (χ4v) is 28.3. The van der Waals surface area contributed by atoms with Crippen molar-refractivity contribution in [2.45, 2.75) is 157 Å². The Morgan fingerprint density at radius 3 is 1.35 bits per heavy atom. The molecule has 3 aliphatic rings. The molecule has 0 saturated carbocycles. The van der Waals surface area contributed by atoms with Crippen LogP contribution in [-0.2, 0) is 16.6 Å². The summed E-state index contributed by atoms with van der Waals surface area (Å²) in [6.07, 6.45) is 5.35. The van der Waals surface area contributed by atoms with E-state index in [1.807, 2.05) is 10.4 Å². The Hall–Kier alpha value is -1.93. The van der Waals surface area contributed by atoms with Gasteiger partial charge in [0.15, 0.2) is 0 Å². The average Bonchev–Trinajstić information content (AvgIpc) is 3.55. The van der Waals surface area contributed by atoms with Crippen LogP contribution < -0.4 is 5.19 Å². The van der Waals surface area contributed by atoms with E-state index in [0.29, 0.717) is 32.1 Å². The van der Waals surface area contributed by atoms with E-state index in [0.717, 1.165) is 0 Å². The second-order valence-electron chi connectivity index (χ2n) is 17.7. The zero-order valence-corrected chi connectivity index (χ0v) is 36.0. The maximum absolute atomic E-state index is 2.89. The van der Waals surface area contributed by atoms with Crippen molar-refractivity contribution in [1.29, 1.82) is 0 Å². The first kappa shape index (κ1) is 36.8. The van der Waals surface area contributed by atoms with Crippen molar-refractivity contribution >= 4 is 23.7 Å². The fraction of sp³-hybridized carbons (Fsp3) is 0.532. The van der Waals surface area contributed by atoms with Crippen molar-refractivity contribution in [3.8, 4) is 0 Å². The molecule has 2 atom stereocenters. The zero-order chi connectivity index (χ0) is 35.6. The molecule has 3 aromatic rings. The Bertz CT molecular complexity index is 1670. The molecule has 1 heterocycles. The molecular formula is C47H66SiTi. The fourth-order valence-electron chi connectivity index (χ4n) is 11.0. The van der Waals surface area contributed by atoms with Gasteiger partial charge in [-0.2, -0.15) is 0 Å². The monoisotopic (exact) mass is 706 g/mol. The summed E-state index contributed by atoms with van der Waals surface area (Å²) in [5.74, 6) is 2.06. The van der Waals surface area contributed by atoms with Gasteiger partial charge in [0.05, 0.1) is 0 Å². The third-order valence-corrected chi connectivity index (χ3v) is 28.0. The summed E-state index contributed by atoms with van der Waals surface area (Å²) in [5, 5.41) is 5.22. The van der Waals surface area contributed by atoms with Crippen LogP contribution in [0.2, 0.25) is 16.0 Å². The maximum atomic E-state index is 2.79. The number of fused-ring (bicyclic) bond motifs is 8. The second kappa shape index (κ2) is 13.9. The van der Waals surface area contributed by atoms with E-state index >= 15 is 0 Å². The molecule has 1 aliphatic heterocycles. The Labute approximate surface area is 305 Å². The van der Waals surface area contributed by atoms with Gasteiger partial charge in [-0.15, -0.1) is 0 Å². The number of rotatable bonds is 11. The number of allylic oxidation sites excluding steroid dienone is 2. The Kier molecular flexibility index (Phi) is 10.4. The van der Waals surface area contributed by atoms with Crippen LogP contribution >= 0.6 is 0 Å². The number of unbranched alkanes of at least 4 members (excludes halogenated alkanes) is 2. The minimum absolute atomic E-state index is 0.497. The average molecular weight is 707 g/mol. The molecule has 262 valence electrons. The van der Waals surface area contributed by atoms with Gasteiger partial charge in [0.1, 0.15) is 0 Å². The summed E-state index contributed by atoms with van der Waals surface area (Å²) >= 11 is -2.89. The van der Waals surface area contributed by atoms with Gasteiger partial charge in [-0.25, -0.2) is 0 Å². The molecule has 4 bridgehead atoms. The molecule has 0 N–H and O–H groups in total. The zero-order valence-electron chi connectivity index (χ0n) is 33.4. The van der Waals surface area contributed by atoms with E-state index in [9.17, 15) is 0 Å². The number of hydrogen-bond donors (Lipinski definition) is 0. The van der Waals surface area contributed by atoms with Crippen LogP contribution in [0.25, 0.3) is 10.4 Å². The van der Waals surface area contributed by atoms with Crippen LogP contribution in [0.3, 0.4) is 0 Å². The van der Waals surface area contributed by atoms with Gasteiger partial charge < -0.3 is 0 Å². The molecule has 3 aromatic carbocycles. The van der Waals surface area contributed by atoms with Crippen molar-refractivity contribution < 1.29 is 16.6 Å². The van der Waals surface area contributed by atoms with E-state index in [1.165, 1.54) is 35.1 Å². The summed E-state index contributed by atoms with van der Waals surface area (Å²) in [6.45, 7) is 32.6. The van der Waals surface area contributed by atoms with E-state index in [2.05, 4.69) is 144 Å². The molecule has 0 fully saturated rings. The molecule has 2 unspecified atom stereocenters.